The Morgan fingerprint density at radius 1 is 1.14 bits per heavy atom. The summed E-state index contributed by atoms with van der Waals surface area (Å²) in [7, 11) is 1.40. The lowest BCUT2D eigenvalue weighted by molar-refractivity contribution is -0.134. The van der Waals surface area contributed by atoms with Crippen LogP contribution in [0.1, 0.15) is 23.1 Å². The van der Waals surface area contributed by atoms with E-state index in [4.69, 9.17) is 9.47 Å². The largest absolute Gasteiger partial charge is 0.489 e. The van der Waals surface area contributed by atoms with Crippen LogP contribution >= 0.6 is 0 Å². The van der Waals surface area contributed by atoms with Gasteiger partial charge in [-0.15, -0.1) is 0 Å². The molecule has 0 aromatic heterocycles. The van der Waals surface area contributed by atoms with Crippen LogP contribution in [-0.2, 0) is 22.6 Å². The van der Waals surface area contributed by atoms with E-state index in [0.717, 1.165) is 35.3 Å². The van der Waals surface area contributed by atoms with Gasteiger partial charge in [-0.3, -0.25) is 0 Å². The van der Waals surface area contributed by atoms with E-state index in [2.05, 4.69) is 6.07 Å². The van der Waals surface area contributed by atoms with Gasteiger partial charge in [-0.25, -0.2) is 4.79 Å². The Morgan fingerprint density at radius 2 is 1.95 bits per heavy atom. The van der Waals surface area contributed by atoms with Crippen molar-refractivity contribution in [3.05, 3.63) is 71.3 Å². The summed E-state index contributed by atoms with van der Waals surface area (Å²) in [6.45, 7) is 0.560. The van der Waals surface area contributed by atoms with Crippen LogP contribution in [-0.4, -0.2) is 13.1 Å². The summed E-state index contributed by atoms with van der Waals surface area (Å²) >= 11 is 0. The molecule has 0 atom stereocenters. The Bertz CT molecular complexity index is 702. The highest BCUT2D eigenvalue weighted by molar-refractivity contribution is 5.92. The van der Waals surface area contributed by atoms with Crippen molar-refractivity contribution in [1.29, 1.82) is 0 Å². The fourth-order valence-electron chi connectivity index (χ4n) is 2.68. The Labute approximate surface area is 130 Å². The molecule has 3 heteroatoms. The SMILES string of the molecule is COC(=O)/C=C1\CCc2cc(OCc3ccccc3)ccc21. The van der Waals surface area contributed by atoms with Gasteiger partial charge in [-0.05, 0) is 47.2 Å². The molecule has 2 aromatic rings. The normalized spacial score (nSPS) is 14.7. The summed E-state index contributed by atoms with van der Waals surface area (Å²) in [6, 6.07) is 16.1. The van der Waals surface area contributed by atoms with Gasteiger partial charge < -0.3 is 9.47 Å². The van der Waals surface area contributed by atoms with E-state index in [-0.39, 0.29) is 5.97 Å². The van der Waals surface area contributed by atoms with Gasteiger partial charge in [0.2, 0.25) is 0 Å². The van der Waals surface area contributed by atoms with Gasteiger partial charge in [0.25, 0.3) is 0 Å². The highest BCUT2D eigenvalue weighted by atomic mass is 16.5. The molecule has 0 spiro atoms. The molecule has 3 rings (SSSR count). The molecule has 22 heavy (non-hydrogen) atoms. The molecule has 3 nitrogen and oxygen atoms in total. The molecule has 0 bridgehead atoms. The average Bonchev–Trinajstić information content (AvgIpc) is 2.96. The van der Waals surface area contributed by atoms with Crippen molar-refractivity contribution in [2.75, 3.05) is 7.11 Å². The van der Waals surface area contributed by atoms with E-state index >= 15 is 0 Å². The minimum absolute atomic E-state index is 0.299. The smallest absolute Gasteiger partial charge is 0.330 e. The fourth-order valence-corrected chi connectivity index (χ4v) is 2.68. The van der Waals surface area contributed by atoms with E-state index in [1.54, 1.807) is 6.08 Å². The van der Waals surface area contributed by atoms with Crippen molar-refractivity contribution < 1.29 is 14.3 Å². The second-order valence-electron chi connectivity index (χ2n) is 5.29. The summed E-state index contributed by atoms with van der Waals surface area (Å²) in [6.07, 6.45) is 3.38. The molecule has 2 aromatic carbocycles. The summed E-state index contributed by atoms with van der Waals surface area (Å²) in [5.41, 5.74) is 4.53. The summed E-state index contributed by atoms with van der Waals surface area (Å²) in [5, 5.41) is 0. The second-order valence-corrected chi connectivity index (χ2v) is 5.29. The van der Waals surface area contributed by atoms with Gasteiger partial charge in [0.05, 0.1) is 7.11 Å². The van der Waals surface area contributed by atoms with Crippen molar-refractivity contribution in [3.63, 3.8) is 0 Å². The van der Waals surface area contributed by atoms with Crippen LogP contribution in [0.5, 0.6) is 5.75 Å². The van der Waals surface area contributed by atoms with Crippen molar-refractivity contribution in [2.24, 2.45) is 0 Å². The molecule has 1 aliphatic carbocycles. The van der Waals surface area contributed by atoms with Crippen molar-refractivity contribution >= 4 is 11.5 Å². The minimum atomic E-state index is -0.299. The van der Waals surface area contributed by atoms with Crippen LogP contribution in [0.3, 0.4) is 0 Å². The van der Waals surface area contributed by atoms with Gasteiger partial charge in [0.15, 0.2) is 0 Å². The lowest BCUT2D eigenvalue weighted by Gasteiger charge is -2.08. The van der Waals surface area contributed by atoms with Gasteiger partial charge in [0.1, 0.15) is 12.4 Å². The molecule has 0 aliphatic heterocycles. The Hall–Kier alpha value is -2.55. The third-order valence-corrected chi connectivity index (χ3v) is 3.83. The predicted octanol–water partition coefficient (Wildman–Crippen LogP) is 3.77. The zero-order valence-corrected chi connectivity index (χ0v) is 12.5. The third-order valence-electron chi connectivity index (χ3n) is 3.83. The zero-order chi connectivity index (χ0) is 15.4. The molecular formula is C19H18O3. The molecular weight excluding hydrogens is 276 g/mol. The molecule has 1 aliphatic rings. The van der Waals surface area contributed by atoms with Gasteiger partial charge in [0, 0.05) is 6.08 Å². The number of methoxy groups -OCH3 is 1. The van der Waals surface area contributed by atoms with Crippen LogP contribution in [0.25, 0.3) is 5.57 Å². The minimum Gasteiger partial charge on any atom is -0.489 e. The first-order valence-electron chi connectivity index (χ1n) is 7.35. The van der Waals surface area contributed by atoms with Crippen molar-refractivity contribution in [2.45, 2.75) is 19.4 Å². The van der Waals surface area contributed by atoms with Gasteiger partial charge in [-0.1, -0.05) is 36.4 Å². The van der Waals surface area contributed by atoms with Crippen LogP contribution < -0.4 is 4.74 Å². The average molecular weight is 294 g/mol. The highest BCUT2D eigenvalue weighted by Gasteiger charge is 2.18. The summed E-state index contributed by atoms with van der Waals surface area (Å²) < 4.78 is 10.5. The Balaban J connectivity index is 1.73. The number of aryl methyl sites for hydroxylation is 1. The van der Waals surface area contributed by atoms with Crippen molar-refractivity contribution in [1.82, 2.24) is 0 Å². The molecule has 0 radical (unpaired) electrons. The molecule has 0 N–H and O–H groups in total. The maximum Gasteiger partial charge on any atom is 0.330 e. The lowest BCUT2D eigenvalue weighted by atomic mass is 10.1. The second kappa shape index (κ2) is 6.48. The number of benzene rings is 2. The molecule has 112 valence electrons. The third kappa shape index (κ3) is 3.19. The molecule has 0 saturated carbocycles. The first-order valence-corrected chi connectivity index (χ1v) is 7.35. The number of hydrogen-bond donors (Lipinski definition) is 0. The van der Waals surface area contributed by atoms with E-state index in [0.29, 0.717) is 6.61 Å². The lowest BCUT2D eigenvalue weighted by Crippen LogP contribution is -1.97. The van der Waals surface area contributed by atoms with Crippen LogP contribution in [0.2, 0.25) is 0 Å². The molecule has 0 unspecified atom stereocenters. The van der Waals surface area contributed by atoms with Gasteiger partial charge in [-0.2, -0.15) is 0 Å². The predicted molar refractivity (Wildman–Crippen MR) is 85.5 cm³/mol. The number of carbonyl (C=O) groups is 1. The molecule has 0 saturated heterocycles. The van der Waals surface area contributed by atoms with E-state index in [1.807, 2.05) is 42.5 Å². The quantitative estimate of drug-likeness (QED) is 0.636. The van der Waals surface area contributed by atoms with Crippen LogP contribution in [0, 0.1) is 0 Å². The number of ether oxygens (including phenoxy) is 2. The van der Waals surface area contributed by atoms with E-state index in [9.17, 15) is 4.79 Å². The number of esters is 1. The van der Waals surface area contributed by atoms with Crippen molar-refractivity contribution in [3.8, 4) is 5.75 Å². The monoisotopic (exact) mass is 294 g/mol. The number of rotatable bonds is 4. The topological polar surface area (TPSA) is 35.5 Å². The van der Waals surface area contributed by atoms with Crippen LogP contribution in [0.15, 0.2) is 54.6 Å². The standard InChI is InChI=1S/C19H18O3/c1-21-19(20)12-16-8-7-15-11-17(9-10-18(15)16)22-13-14-5-3-2-4-6-14/h2-6,9-12H,7-8,13H2,1H3/b16-12+. The fraction of sp³-hybridized carbons (Fsp3) is 0.211. The Morgan fingerprint density at radius 3 is 2.73 bits per heavy atom. The summed E-state index contributed by atoms with van der Waals surface area (Å²) in [4.78, 5) is 11.4. The summed E-state index contributed by atoms with van der Waals surface area (Å²) in [5.74, 6) is 0.564. The number of allylic oxidation sites excluding steroid dienone is 1. The molecule has 0 heterocycles. The number of carbonyl (C=O) groups excluding carboxylic acids is 1. The van der Waals surface area contributed by atoms with E-state index in [1.165, 1.54) is 12.7 Å². The van der Waals surface area contributed by atoms with E-state index < -0.39 is 0 Å². The maximum absolute atomic E-state index is 11.4. The zero-order valence-electron chi connectivity index (χ0n) is 12.5. The first-order chi connectivity index (χ1) is 10.8. The van der Waals surface area contributed by atoms with Gasteiger partial charge >= 0.3 is 5.97 Å². The highest BCUT2D eigenvalue weighted by Crippen LogP contribution is 2.34. The Kier molecular flexibility index (Phi) is 4.24. The number of fused-ring (bicyclic) bond motifs is 1. The maximum atomic E-state index is 11.4. The molecule has 0 amide bonds. The molecule has 0 fully saturated rings. The first kappa shape index (κ1) is 14.4. The van der Waals surface area contributed by atoms with Crippen LogP contribution in [0.4, 0.5) is 0 Å². The number of hydrogen-bond acceptors (Lipinski definition) is 3.